The summed E-state index contributed by atoms with van der Waals surface area (Å²) in [5.41, 5.74) is 1.22. The first-order chi connectivity index (χ1) is 11.9. The number of pyridine rings is 1. The number of nitrogens with one attached hydrogen (secondary N) is 1. The molecule has 0 atom stereocenters. The molecular weight excluding hydrogens is 328 g/mol. The molecule has 2 aromatic heterocycles. The quantitative estimate of drug-likeness (QED) is 0.578. The Kier molecular flexibility index (Phi) is 4.21. The van der Waals surface area contributed by atoms with Gasteiger partial charge in [-0.25, -0.2) is 14.6 Å². The number of aryl methyl sites for hydroxylation is 1. The number of nitrogens with zero attached hydrogens (tertiary/aromatic N) is 3. The van der Waals surface area contributed by atoms with Crippen molar-refractivity contribution in [3.05, 3.63) is 42.7 Å². The molecule has 128 valence electrons. The van der Waals surface area contributed by atoms with Crippen molar-refractivity contribution < 1.29 is 24.5 Å². The number of fused-ring (bicyclic) bond motifs is 1. The normalized spacial score (nSPS) is 10.8. The summed E-state index contributed by atoms with van der Waals surface area (Å²) in [7, 11) is 1.84. The van der Waals surface area contributed by atoms with E-state index in [0.29, 0.717) is 5.75 Å². The Bertz CT molecular complexity index is 921. The number of benzene rings is 1. The van der Waals surface area contributed by atoms with Gasteiger partial charge in [0.2, 0.25) is 11.9 Å². The van der Waals surface area contributed by atoms with Gasteiger partial charge in [-0.3, -0.25) is 4.68 Å². The van der Waals surface area contributed by atoms with Gasteiger partial charge in [0.05, 0.1) is 23.6 Å². The van der Waals surface area contributed by atoms with Crippen molar-refractivity contribution in [3.63, 3.8) is 0 Å². The smallest absolute Gasteiger partial charge is 0.337 e. The summed E-state index contributed by atoms with van der Waals surface area (Å²) in [5, 5.41) is 25.1. The summed E-state index contributed by atoms with van der Waals surface area (Å²) in [6.45, 7) is 0. The SMILES string of the molecule is Cn1ncc2cc(Oc3ccc(NC(C(=O)O)C(=O)O)cn3)ccc21. The van der Waals surface area contributed by atoms with Crippen molar-refractivity contribution in [2.24, 2.45) is 7.05 Å². The van der Waals surface area contributed by atoms with Gasteiger partial charge in [-0.05, 0) is 24.3 Å². The average Bonchev–Trinajstić information content (AvgIpc) is 2.94. The molecule has 9 heteroatoms. The Labute approximate surface area is 141 Å². The van der Waals surface area contributed by atoms with Gasteiger partial charge >= 0.3 is 11.9 Å². The van der Waals surface area contributed by atoms with Gasteiger partial charge in [0, 0.05) is 18.5 Å². The molecule has 0 unspecified atom stereocenters. The molecule has 1 aromatic carbocycles. The summed E-state index contributed by atoms with van der Waals surface area (Å²) in [6, 6.07) is 6.73. The molecule has 3 N–H and O–H groups in total. The van der Waals surface area contributed by atoms with Crippen LogP contribution in [0.2, 0.25) is 0 Å². The van der Waals surface area contributed by atoms with E-state index in [0.717, 1.165) is 10.9 Å². The molecule has 25 heavy (non-hydrogen) atoms. The molecule has 0 radical (unpaired) electrons. The Balaban J connectivity index is 1.73. The van der Waals surface area contributed by atoms with E-state index in [4.69, 9.17) is 14.9 Å². The van der Waals surface area contributed by atoms with Crippen LogP contribution in [-0.4, -0.2) is 43.0 Å². The van der Waals surface area contributed by atoms with E-state index in [-0.39, 0.29) is 11.6 Å². The molecule has 0 aliphatic heterocycles. The topological polar surface area (TPSA) is 127 Å². The second-order valence-electron chi connectivity index (χ2n) is 5.23. The third kappa shape index (κ3) is 3.50. The largest absolute Gasteiger partial charge is 0.479 e. The minimum absolute atomic E-state index is 0.255. The fourth-order valence-corrected chi connectivity index (χ4v) is 2.25. The molecule has 0 bridgehead atoms. The van der Waals surface area contributed by atoms with Crippen LogP contribution in [0.5, 0.6) is 11.6 Å². The zero-order valence-electron chi connectivity index (χ0n) is 13.1. The molecule has 2 heterocycles. The molecule has 9 nitrogen and oxygen atoms in total. The molecule has 0 fully saturated rings. The second kappa shape index (κ2) is 6.48. The van der Waals surface area contributed by atoms with Crippen LogP contribution in [0.25, 0.3) is 10.9 Å². The van der Waals surface area contributed by atoms with E-state index < -0.39 is 18.0 Å². The van der Waals surface area contributed by atoms with Crippen LogP contribution in [0, 0.1) is 0 Å². The van der Waals surface area contributed by atoms with Crippen LogP contribution in [0.3, 0.4) is 0 Å². The van der Waals surface area contributed by atoms with Crippen molar-refractivity contribution >= 4 is 28.5 Å². The minimum atomic E-state index is -1.75. The lowest BCUT2D eigenvalue weighted by atomic mass is 10.2. The lowest BCUT2D eigenvalue weighted by Gasteiger charge is -2.11. The molecular formula is C16H14N4O5. The second-order valence-corrected chi connectivity index (χ2v) is 5.23. The number of hydrogen-bond acceptors (Lipinski definition) is 6. The standard InChI is InChI=1S/C16H14N4O5/c1-20-12-4-3-11(6-9(12)7-18-20)25-13-5-2-10(8-17-13)19-14(15(21)22)16(23)24/h2-8,14,19H,1H3,(H,21,22)(H,23,24). The van der Waals surface area contributed by atoms with E-state index >= 15 is 0 Å². The van der Waals surface area contributed by atoms with Gasteiger partial charge in [-0.1, -0.05) is 0 Å². The number of carboxylic acid groups (broad SMARTS) is 2. The Hall–Kier alpha value is -3.62. The summed E-state index contributed by atoms with van der Waals surface area (Å²) in [4.78, 5) is 25.8. The number of hydrogen-bond donors (Lipinski definition) is 3. The lowest BCUT2D eigenvalue weighted by Crippen LogP contribution is -2.37. The van der Waals surface area contributed by atoms with Crippen molar-refractivity contribution in [1.29, 1.82) is 0 Å². The molecule has 0 aliphatic carbocycles. The fraction of sp³-hybridized carbons (Fsp3) is 0.125. The average molecular weight is 342 g/mol. The highest BCUT2D eigenvalue weighted by molar-refractivity contribution is 6.00. The van der Waals surface area contributed by atoms with Crippen LogP contribution < -0.4 is 10.1 Å². The Morgan fingerprint density at radius 2 is 1.92 bits per heavy atom. The van der Waals surface area contributed by atoms with Crippen LogP contribution in [0.4, 0.5) is 5.69 Å². The van der Waals surface area contributed by atoms with Crippen molar-refractivity contribution in [1.82, 2.24) is 14.8 Å². The first kappa shape index (κ1) is 16.2. The van der Waals surface area contributed by atoms with Gasteiger partial charge in [0.1, 0.15) is 5.75 Å². The summed E-state index contributed by atoms with van der Waals surface area (Å²) in [5.74, 6) is -2.12. The van der Waals surface area contributed by atoms with Crippen molar-refractivity contribution in [2.45, 2.75) is 6.04 Å². The number of rotatable bonds is 6. The maximum absolute atomic E-state index is 10.9. The van der Waals surface area contributed by atoms with E-state index in [1.807, 2.05) is 19.2 Å². The molecule has 3 rings (SSSR count). The van der Waals surface area contributed by atoms with Crippen LogP contribution in [0.15, 0.2) is 42.7 Å². The van der Waals surface area contributed by atoms with Crippen LogP contribution in [-0.2, 0) is 16.6 Å². The highest BCUT2D eigenvalue weighted by Crippen LogP contribution is 2.25. The molecule has 0 saturated heterocycles. The van der Waals surface area contributed by atoms with E-state index in [1.54, 1.807) is 16.9 Å². The van der Waals surface area contributed by atoms with Crippen LogP contribution >= 0.6 is 0 Å². The highest BCUT2D eigenvalue weighted by atomic mass is 16.5. The molecule has 0 amide bonds. The fourth-order valence-electron chi connectivity index (χ4n) is 2.25. The number of anilines is 1. The maximum Gasteiger partial charge on any atom is 0.337 e. The predicted molar refractivity (Wildman–Crippen MR) is 87.7 cm³/mol. The zero-order valence-corrected chi connectivity index (χ0v) is 13.1. The number of ether oxygens (including phenoxy) is 1. The van der Waals surface area contributed by atoms with Gasteiger partial charge in [0.15, 0.2) is 0 Å². The summed E-state index contributed by atoms with van der Waals surface area (Å²) in [6.07, 6.45) is 3.03. The first-order valence-electron chi connectivity index (χ1n) is 7.22. The third-order valence-corrected chi connectivity index (χ3v) is 3.48. The maximum atomic E-state index is 10.9. The Morgan fingerprint density at radius 1 is 1.16 bits per heavy atom. The zero-order chi connectivity index (χ0) is 18.0. The van der Waals surface area contributed by atoms with Crippen molar-refractivity contribution in [2.75, 3.05) is 5.32 Å². The molecule has 0 aliphatic rings. The van der Waals surface area contributed by atoms with Gasteiger partial charge in [-0.2, -0.15) is 5.10 Å². The predicted octanol–water partition coefficient (Wildman–Crippen LogP) is 1.71. The van der Waals surface area contributed by atoms with Gasteiger partial charge in [-0.15, -0.1) is 0 Å². The number of carbonyl (C=O) groups is 2. The molecule has 0 saturated carbocycles. The third-order valence-electron chi connectivity index (χ3n) is 3.48. The van der Waals surface area contributed by atoms with Gasteiger partial charge < -0.3 is 20.3 Å². The number of carboxylic acids is 2. The molecule has 3 aromatic rings. The summed E-state index contributed by atoms with van der Waals surface area (Å²) < 4.78 is 7.39. The van der Waals surface area contributed by atoms with Crippen LogP contribution in [0.1, 0.15) is 0 Å². The molecule has 0 spiro atoms. The van der Waals surface area contributed by atoms with Crippen molar-refractivity contribution in [3.8, 4) is 11.6 Å². The lowest BCUT2D eigenvalue weighted by molar-refractivity contribution is -0.148. The first-order valence-corrected chi connectivity index (χ1v) is 7.22. The Morgan fingerprint density at radius 3 is 2.56 bits per heavy atom. The number of aliphatic carboxylic acids is 2. The van der Waals surface area contributed by atoms with E-state index in [2.05, 4.69) is 15.4 Å². The van der Waals surface area contributed by atoms with E-state index in [1.165, 1.54) is 18.3 Å². The number of aromatic nitrogens is 3. The monoisotopic (exact) mass is 342 g/mol. The highest BCUT2D eigenvalue weighted by Gasteiger charge is 2.25. The minimum Gasteiger partial charge on any atom is -0.479 e. The van der Waals surface area contributed by atoms with Gasteiger partial charge in [0.25, 0.3) is 0 Å². The summed E-state index contributed by atoms with van der Waals surface area (Å²) >= 11 is 0. The van der Waals surface area contributed by atoms with E-state index in [9.17, 15) is 9.59 Å².